The molecule has 0 radical (unpaired) electrons. The molecule has 0 spiro atoms. The number of hydrogen-bond donors (Lipinski definition) is 1. The van der Waals surface area contributed by atoms with Crippen molar-refractivity contribution in [3.05, 3.63) is 18.0 Å². The van der Waals surface area contributed by atoms with Crippen LogP contribution in [0.15, 0.2) is 16.7 Å². The van der Waals surface area contributed by atoms with Gasteiger partial charge in [-0.15, -0.1) is 11.3 Å². The molecule has 5 nitrogen and oxygen atoms in total. The highest BCUT2D eigenvalue weighted by atomic mass is 32.1. The molecule has 2 aliphatic heterocycles. The van der Waals surface area contributed by atoms with Gasteiger partial charge in [0, 0.05) is 18.0 Å². The van der Waals surface area contributed by atoms with E-state index in [9.17, 15) is 0 Å². The number of hydrogen-bond acceptors (Lipinski definition) is 6. The Morgan fingerprint density at radius 1 is 1.30 bits per heavy atom. The fourth-order valence-electron chi connectivity index (χ4n) is 3.59. The van der Waals surface area contributed by atoms with Gasteiger partial charge in [0.05, 0.1) is 9.88 Å². The molecule has 20 heavy (non-hydrogen) atoms. The number of aromatic nitrogens is 2. The minimum absolute atomic E-state index is 0.443. The summed E-state index contributed by atoms with van der Waals surface area (Å²) >= 11 is 1.49. The Balaban J connectivity index is 1.57. The summed E-state index contributed by atoms with van der Waals surface area (Å²) in [6, 6.07) is 5.20. The van der Waals surface area contributed by atoms with Crippen LogP contribution in [0.5, 0.6) is 0 Å². The largest absolute Gasteiger partial charge is 0.391 e. The molecule has 0 saturated carbocycles. The monoisotopic (exact) mass is 290 g/mol. The standard InChI is InChI=1S/C14H18N4OS/c1-18-9-2-3-10(18)7-8(6-9)13-16-14(19-17-13)11-4-5-12(15)20-11/h4-5,8-10H,2-3,6-7,15H2,1H3. The molecule has 2 N–H and O–H groups in total. The molecular formula is C14H18N4OS. The SMILES string of the molecule is CN1C2CCC1CC(c1noc(-c3ccc(N)s3)n1)C2. The highest BCUT2D eigenvalue weighted by Gasteiger charge is 2.40. The van der Waals surface area contributed by atoms with Crippen molar-refractivity contribution in [3.8, 4) is 10.8 Å². The van der Waals surface area contributed by atoms with E-state index < -0.39 is 0 Å². The van der Waals surface area contributed by atoms with Gasteiger partial charge in [-0.1, -0.05) is 5.16 Å². The second-order valence-corrected chi connectivity index (χ2v) is 6.99. The zero-order chi connectivity index (χ0) is 13.7. The molecule has 106 valence electrons. The van der Waals surface area contributed by atoms with E-state index in [4.69, 9.17) is 10.3 Å². The van der Waals surface area contributed by atoms with Crippen molar-refractivity contribution in [3.63, 3.8) is 0 Å². The van der Waals surface area contributed by atoms with Crippen molar-refractivity contribution in [1.82, 2.24) is 15.0 Å². The molecule has 2 aromatic rings. The van der Waals surface area contributed by atoms with Gasteiger partial charge in [-0.3, -0.25) is 0 Å². The summed E-state index contributed by atoms with van der Waals surface area (Å²) in [5.41, 5.74) is 5.75. The lowest BCUT2D eigenvalue weighted by Crippen LogP contribution is -2.39. The van der Waals surface area contributed by atoms with Crippen LogP contribution in [0.1, 0.15) is 37.4 Å². The summed E-state index contributed by atoms with van der Waals surface area (Å²) in [5.74, 6) is 1.92. The molecule has 2 fully saturated rings. The Morgan fingerprint density at radius 3 is 2.70 bits per heavy atom. The van der Waals surface area contributed by atoms with E-state index in [0.717, 1.165) is 28.5 Å². The van der Waals surface area contributed by atoms with Crippen LogP contribution in [0, 0.1) is 0 Å². The lowest BCUT2D eigenvalue weighted by atomic mass is 9.90. The molecule has 0 amide bonds. The molecule has 2 unspecified atom stereocenters. The van der Waals surface area contributed by atoms with Crippen LogP contribution in [0.25, 0.3) is 10.8 Å². The molecule has 2 atom stereocenters. The Kier molecular flexibility index (Phi) is 2.82. The van der Waals surface area contributed by atoms with Crippen LogP contribution in [0.3, 0.4) is 0 Å². The maximum Gasteiger partial charge on any atom is 0.268 e. The van der Waals surface area contributed by atoms with Crippen LogP contribution in [-0.4, -0.2) is 34.2 Å². The van der Waals surface area contributed by atoms with E-state index in [1.807, 2.05) is 12.1 Å². The van der Waals surface area contributed by atoms with Crippen molar-refractivity contribution in [2.24, 2.45) is 0 Å². The summed E-state index contributed by atoms with van der Waals surface area (Å²) in [7, 11) is 2.24. The van der Waals surface area contributed by atoms with Gasteiger partial charge in [0.2, 0.25) is 0 Å². The van der Waals surface area contributed by atoms with E-state index in [1.54, 1.807) is 0 Å². The minimum atomic E-state index is 0.443. The molecule has 2 aromatic heterocycles. The highest BCUT2D eigenvalue weighted by Crippen LogP contribution is 2.41. The molecule has 2 saturated heterocycles. The average Bonchev–Trinajstić information content (AvgIpc) is 3.10. The molecule has 0 aliphatic carbocycles. The van der Waals surface area contributed by atoms with E-state index >= 15 is 0 Å². The zero-order valence-electron chi connectivity index (χ0n) is 11.5. The minimum Gasteiger partial charge on any atom is -0.391 e. The smallest absolute Gasteiger partial charge is 0.268 e. The Morgan fingerprint density at radius 2 is 2.05 bits per heavy atom. The summed E-state index contributed by atoms with van der Waals surface area (Å²) in [5, 5.41) is 4.98. The van der Waals surface area contributed by atoms with Crippen molar-refractivity contribution in [2.75, 3.05) is 12.8 Å². The van der Waals surface area contributed by atoms with Crippen LogP contribution >= 0.6 is 11.3 Å². The van der Waals surface area contributed by atoms with E-state index in [-0.39, 0.29) is 0 Å². The van der Waals surface area contributed by atoms with E-state index in [0.29, 0.717) is 23.9 Å². The van der Waals surface area contributed by atoms with Crippen LogP contribution in [-0.2, 0) is 0 Å². The Labute approximate surface area is 121 Å². The molecule has 4 rings (SSSR count). The average molecular weight is 290 g/mol. The first kappa shape index (κ1) is 12.3. The second-order valence-electron chi connectivity index (χ2n) is 5.88. The normalized spacial score (nSPS) is 29.9. The fourth-order valence-corrected chi connectivity index (χ4v) is 4.29. The second kappa shape index (κ2) is 4.56. The maximum atomic E-state index is 5.75. The van der Waals surface area contributed by atoms with Gasteiger partial charge in [0.25, 0.3) is 5.89 Å². The van der Waals surface area contributed by atoms with Gasteiger partial charge in [-0.2, -0.15) is 4.98 Å². The molecule has 2 aliphatic rings. The first-order chi connectivity index (χ1) is 9.70. The predicted molar refractivity (Wildman–Crippen MR) is 78.6 cm³/mol. The molecule has 2 bridgehead atoms. The third-order valence-electron chi connectivity index (χ3n) is 4.74. The number of nitrogens with two attached hydrogens (primary N) is 1. The third kappa shape index (κ3) is 1.94. The van der Waals surface area contributed by atoms with Crippen molar-refractivity contribution in [1.29, 1.82) is 0 Å². The summed E-state index contributed by atoms with van der Waals surface area (Å²) < 4.78 is 5.42. The van der Waals surface area contributed by atoms with Crippen LogP contribution in [0.4, 0.5) is 5.00 Å². The van der Waals surface area contributed by atoms with Gasteiger partial charge in [0.15, 0.2) is 5.82 Å². The number of anilines is 1. The number of fused-ring (bicyclic) bond motifs is 2. The Bertz CT molecular complexity index is 608. The number of nitrogens with zero attached hydrogens (tertiary/aromatic N) is 3. The Hall–Kier alpha value is -1.40. The molecular weight excluding hydrogens is 272 g/mol. The van der Waals surface area contributed by atoms with Gasteiger partial charge in [-0.25, -0.2) is 0 Å². The van der Waals surface area contributed by atoms with Crippen molar-refractivity contribution in [2.45, 2.75) is 43.7 Å². The van der Waals surface area contributed by atoms with E-state index in [1.165, 1.54) is 24.2 Å². The maximum absolute atomic E-state index is 5.75. The zero-order valence-corrected chi connectivity index (χ0v) is 12.3. The molecule has 4 heterocycles. The van der Waals surface area contributed by atoms with Gasteiger partial charge >= 0.3 is 0 Å². The lowest BCUT2D eigenvalue weighted by molar-refractivity contribution is 0.157. The van der Waals surface area contributed by atoms with Crippen LogP contribution in [0.2, 0.25) is 0 Å². The molecule has 0 aromatic carbocycles. The lowest BCUT2D eigenvalue weighted by Gasteiger charge is -2.34. The number of thiophene rings is 1. The number of rotatable bonds is 2. The van der Waals surface area contributed by atoms with Gasteiger partial charge in [0.1, 0.15) is 0 Å². The van der Waals surface area contributed by atoms with Crippen molar-refractivity contribution >= 4 is 16.3 Å². The predicted octanol–water partition coefficient (Wildman–Crippen LogP) is 2.72. The summed E-state index contributed by atoms with van der Waals surface area (Å²) in [4.78, 5) is 8.08. The highest BCUT2D eigenvalue weighted by molar-refractivity contribution is 7.19. The van der Waals surface area contributed by atoms with Gasteiger partial charge < -0.3 is 15.2 Å². The quantitative estimate of drug-likeness (QED) is 0.921. The first-order valence-electron chi connectivity index (χ1n) is 7.12. The summed E-state index contributed by atoms with van der Waals surface area (Å²) in [6.45, 7) is 0. The fraction of sp³-hybridized carbons (Fsp3) is 0.571. The topological polar surface area (TPSA) is 68.2 Å². The first-order valence-corrected chi connectivity index (χ1v) is 7.93. The third-order valence-corrected chi connectivity index (χ3v) is 5.65. The van der Waals surface area contributed by atoms with Gasteiger partial charge in [-0.05, 0) is 44.9 Å². The van der Waals surface area contributed by atoms with Crippen molar-refractivity contribution < 1.29 is 4.52 Å². The molecule has 6 heteroatoms. The number of nitrogen functional groups attached to an aromatic ring is 1. The van der Waals surface area contributed by atoms with Crippen LogP contribution < -0.4 is 5.73 Å². The number of piperidine rings is 1. The summed E-state index contributed by atoms with van der Waals surface area (Å²) in [6.07, 6.45) is 4.92. The van der Waals surface area contributed by atoms with E-state index in [2.05, 4.69) is 22.1 Å².